The van der Waals surface area contributed by atoms with E-state index in [0.29, 0.717) is 18.2 Å². The molecular weight excluding hydrogens is 348 g/mol. The minimum Gasteiger partial charge on any atom is -0.496 e. The van der Waals surface area contributed by atoms with Crippen LogP contribution in [0.3, 0.4) is 0 Å². The predicted octanol–water partition coefficient (Wildman–Crippen LogP) is 5.18. The number of nitrogens with two attached hydrogens (primary N) is 1. The minimum atomic E-state index is 0.646. The van der Waals surface area contributed by atoms with E-state index in [-0.39, 0.29) is 0 Å². The number of rotatable bonds is 8. The minimum absolute atomic E-state index is 0.646. The number of ether oxygens (including phenoxy) is 2. The molecule has 0 unspecified atom stereocenters. The molecule has 0 aliphatic rings. The fourth-order valence-corrected chi connectivity index (χ4v) is 3.47. The lowest BCUT2D eigenvalue weighted by molar-refractivity contribution is 0.340. The molecule has 5 heteroatoms. The fourth-order valence-electron chi connectivity index (χ4n) is 3.29. The van der Waals surface area contributed by atoms with Gasteiger partial charge in [0, 0.05) is 21.5 Å². The second kappa shape index (κ2) is 8.47. The molecule has 3 aromatic rings. The maximum Gasteiger partial charge on any atom is 0.128 e. The molecule has 0 fully saturated rings. The molecule has 1 heterocycles. The molecule has 0 amide bonds. The van der Waals surface area contributed by atoms with Crippen LogP contribution in [0.5, 0.6) is 11.5 Å². The van der Waals surface area contributed by atoms with E-state index in [1.165, 1.54) is 10.9 Å². The van der Waals surface area contributed by atoms with Crippen molar-refractivity contribution in [2.45, 2.75) is 26.2 Å². The summed E-state index contributed by atoms with van der Waals surface area (Å²) < 4.78 is 11.3. The van der Waals surface area contributed by atoms with Crippen LogP contribution in [0.2, 0.25) is 5.02 Å². The Morgan fingerprint density at radius 1 is 1.12 bits per heavy atom. The molecule has 0 saturated heterocycles. The lowest BCUT2D eigenvalue weighted by Crippen LogP contribution is -1.99. The van der Waals surface area contributed by atoms with Crippen LogP contribution in [-0.4, -0.2) is 25.2 Å². The molecule has 2 aromatic carbocycles. The third kappa shape index (κ3) is 3.81. The third-order valence-electron chi connectivity index (χ3n) is 4.50. The van der Waals surface area contributed by atoms with Gasteiger partial charge in [0.1, 0.15) is 11.5 Å². The summed E-state index contributed by atoms with van der Waals surface area (Å²) >= 11 is 6.26. The molecule has 0 saturated carbocycles. The molecule has 0 aliphatic heterocycles. The quantitative estimate of drug-likeness (QED) is 0.536. The van der Waals surface area contributed by atoms with E-state index in [9.17, 15) is 0 Å². The zero-order valence-electron chi connectivity index (χ0n) is 15.3. The van der Waals surface area contributed by atoms with Gasteiger partial charge in [0.2, 0.25) is 0 Å². The molecule has 0 spiro atoms. The zero-order chi connectivity index (χ0) is 18.5. The smallest absolute Gasteiger partial charge is 0.128 e. The topological polar surface area (TPSA) is 60.3 Å². The highest BCUT2D eigenvalue weighted by Crippen LogP contribution is 2.39. The van der Waals surface area contributed by atoms with Crippen LogP contribution in [0, 0.1) is 0 Å². The molecule has 3 N–H and O–H groups in total. The van der Waals surface area contributed by atoms with Gasteiger partial charge in [-0.1, -0.05) is 11.6 Å². The third-order valence-corrected chi connectivity index (χ3v) is 4.74. The molecule has 0 bridgehead atoms. The van der Waals surface area contributed by atoms with Gasteiger partial charge in [0.05, 0.1) is 19.4 Å². The van der Waals surface area contributed by atoms with Crippen LogP contribution in [0.15, 0.2) is 36.4 Å². The van der Waals surface area contributed by atoms with Crippen molar-refractivity contribution in [3.63, 3.8) is 0 Å². The van der Waals surface area contributed by atoms with Gasteiger partial charge in [-0.15, -0.1) is 0 Å². The Bertz CT molecular complexity index is 889. The number of aromatic amines is 1. The highest BCUT2D eigenvalue weighted by atomic mass is 35.5. The van der Waals surface area contributed by atoms with Gasteiger partial charge in [-0.25, -0.2) is 0 Å². The van der Waals surface area contributed by atoms with Gasteiger partial charge in [-0.3, -0.25) is 0 Å². The fraction of sp³-hybridized carbons (Fsp3) is 0.333. The first-order valence-electron chi connectivity index (χ1n) is 8.99. The van der Waals surface area contributed by atoms with E-state index in [1.54, 1.807) is 7.11 Å². The standard InChI is InChI=1S/C21H25ClN2O2/c1-3-26-15-8-9-19-17(13-15)16(6-4-5-11-23)21(24-19)18-12-14(22)7-10-20(18)25-2/h7-10,12-13,24H,3-6,11,23H2,1-2H3. The Kier molecular flexibility index (Phi) is 6.07. The number of H-pyrrole nitrogens is 1. The average Bonchev–Trinajstić information content (AvgIpc) is 3.00. The SMILES string of the molecule is CCOc1ccc2[nH]c(-c3cc(Cl)ccc3OC)c(CCCCN)c2c1. The second-order valence-corrected chi connectivity index (χ2v) is 6.65. The molecule has 4 nitrogen and oxygen atoms in total. The van der Waals surface area contributed by atoms with Crippen molar-refractivity contribution in [3.05, 3.63) is 47.0 Å². The van der Waals surface area contributed by atoms with Crippen LogP contribution in [0.4, 0.5) is 0 Å². The zero-order valence-corrected chi connectivity index (χ0v) is 16.0. The van der Waals surface area contributed by atoms with E-state index >= 15 is 0 Å². The van der Waals surface area contributed by atoms with E-state index < -0.39 is 0 Å². The first kappa shape index (κ1) is 18.6. The van der Waals surface area contributed by atoms with Gasteiger partial charge in [-0.2, -0.15) is 0 Å². The summed E-state index contributed by atoms with van der Waals surface area (Å²) in [7, 11) is 1.68. The molecule has 26 heavy (non-hydrogen) atoms. The van der Waals surface area contributed by atoms with Crippen molar-refractivity contribution in [3.8, 4) is 22.8 Å². The van der Waals surface area contributed by atoms with Crippen LogP contribution in [0.1, 0.15) is 25.3 Å². The Balaban J connectivity index is 2.17. The maximum atomic E-state index is 6.26. The number of aromatic nitrogens is 1. The number of benzene rings is 2. The number of unbranched alkanes of at least 4 members (excludes halogenated alkanes) is 1. The molecule has 3 rings (SSSR count). The van der Waals surface area contributed by atoms with E-state index in [0.717, 1.165) is 47.5 Å². The summed E-state index contributed by atoms with van der Waals surface area (Å²) in [6.07, 6.45) is 2.94. The summed E-state index contributed by atoms with van der Waals surface area (Å²) in [5.74, 6) is 1.68. The highest BCUT2D eigenvalue weighted by Gasteiger charge is 2.17. The molecular formula is C21H25ClN2O2. The summed E-state index contributed by atoms with van der Waals surface area (Å²) in [6, 6.07) is 11.8. The average molecular weight is 373 g/mol. The van der Waals surface area contributed by atoms with E-state index in [4.69, 9.17) is 26.8 Å². The number of hydrogen-bond donors (Lipinski definition) is 2. The summed E-state index contributed by atoms with van der Waals surface area (Å²) in [6.45, 7) is 3.33. The first-order valence-corrected chi connectivity index (χ1v) is 9.37. The maximum absolute atomic E-state index is 6.26. The van der Waals surface area contributed by atoms with Crippen molar-refractivity contribution < 1.29 is 9.47 Å². The van der Waals surface area contributed by atoms with Crippen LogP contribution < -0.4 is 15.2 Å². The largest absolute Gasteiger partial charge is 0.496 e. The van der Waals surface area contributed by atoms with Crippen molar-refractivity contribution in [1.29, 1.82) is 0 Å². The van der Waals surface area contributed by atoms with Gasteiger partial charge in [-0.05, 0) is 74.7 Å². The van der Waals surface area contributed by atoms with Gasteiger partial charge < -0.3 is 20.2 Å². The lowest BCUT2D eigenvalue weighted by Gasteiger charge is -2.10. The Hall–Kier alpha value is -2.17. The molecule has 138 valence electrons. The molecule has 0 atom stereocenters. The van der Waals surface area contributed by atoms with Gasteiger partial charge in [0.25, 0.3) is 0 Å². The lowest BCUT2D eigenvalue weighted by atomic mass is 9.99. The highest BCUT2D eigenvalue weighted by molar-refractivity contribution is 6.31. The van der Waals surface area contributed by atoms with Crippen molar-refractivity contribution in [2.75, 3.05) is 20.3 Å². The van der Waals surface area contributed by atoms with Crippen molar-refractivity contribution in [2.24, 2.45) is 5.73 Å². The van der Waals surface area contributed by atoms with Crippen LogP contribution in [0.25, 0.3) is 22.2 Å². The molecule has 1 aromatic heterocycles. The van der Waals surface area contributed by atoms with E-state index in [1.807, 2.05) is 31.2 Å². The monoisotopic (exact) mass is 372 g/mol. The number of fused-ring (bicyclic) bond motifs is 1. The number of halogens is 1. The van der Waals surface area contributed by atoms with Crippen molar-refractivity contribution >= 4 is 22.5 Å². The Morgan fingerprint density at radius 2 is 1.96 bits per heavy atom. The number of methoxy groups -OCH3 is 1. The van der Waals surface area contributed by atoms with Gasteiger partial charge in [0.15, 0.2) is 0 Å². The molecule has 0 radical (unpaired) electrons. The Morgan fingerprint density at radius 3 is 2.69 bits per heavy atom. The summed E-state index contributed by atoms with van der Waals surface area (Å²) in [4.78, 5) is 3.55. The van der Waals surface area contributed by atoms with E-state index in [2.05, 4.69) is 17.1 Å². The van der Waals surface area contributed by atoms with Gasteiger partial charge >= 0.3 is 0 Å². The normalized spacial score (nSPS) is 11.1. The van der Waals surface area contributed by atoms with Crippen molar-refractivity contribution in [1.82, 2.24) is 4.98 Å². The van der Waals surface area contributed by atoms with Crippen LogP contribution in [-0.2, 0) is 6.42 Å². The summed E-state index contributed by atoms with van der Waals surface area (Å²) in [5.41, 5.74) is 10.0. The number of nitrogens with one attached hydrogen (secondary N) is 1. The number of aryl methyl sites for hydroxylation is 1. The second-order valence-electron chi connectivity index (χ2n) is 6.21. The first-order chi connectivity index (χ1) is 12.7. The molecule has 0 aliphatic carbocycles. The van der Waals surface area contributed by atoms with Crippen LogP contribution >= 0.6 is 11.6 Å². The predicted molar refractivity (Wildman–Crippen MR) is 108 cm³/mol. The Labute approximate surface area is 159 Å². The summed E-state index contributed by atoms with van der Waals surface area (Å²) in [5, 5.41) is 1.85. The number of hydrogen-bond acceptors (Lipinski definition) is 3.